The predicted molar refractivity (Wildman–Crippen MR) is 53.8 cm³/mol. The molecule has 0 bridgehead atoms. The molecule has 14 heavy (non-hydrogen) atoms. The molecule has 76 valence electrons. The van der Waals surface area contributed by atoms with Crippen molar-refractivity contribution in [2.24, 2.45) is 0 Å². The van der Waals surface area contributed by atoms with Crippen molar-refractivity contribution in [3.63, 3.8) is 0 Å². The SMILES string of the molecule is CN1CC(CO)OC1c1ccccc1. The molecule has 1 aliphatic heterocycles. The molecule has 0 spiro atoms. The van der Waals surface area contributed by atoms with E-state index < -0.39 is 0 Å². The number of aliphatic hydroxyl groups excluding tert-OH is 1. The van der Waals surface area contributed by atoms with Crippen LogP contribution in [0.1, 0.15) is 11.8 Å². The first kappa shape index (κ1) is 9.65. The van der Waals surface area contributed by atoms with Crippen LogP contribution < -0.4 is 0 Å². The van der Waals surface area contributed by atoms with E-state index in [0.717, 1.165) is 12.1 Å². The molecule has 0 aliphatic carbocycles. The Labute approximate surface area is 83.9 Å². The summed E-state index contributed by atoms with van der Waals surface area (Å²) in [5.41, 5.74) is 1.14. The molecule has 2 rings (SSSR count). The molecular formula is C11H15NO2. The monoisotopic (exact) mass is 193 g/mol. The maximum atomic E-state index is 9.00. The fourth-order valence-corrected chi connectivity index (χ4v) is 1.80. The lowest BCUT2D eigenvalue weighted by atomic mass is 10.2. The van der Waals surface area contributed by atoms with Crippen LogP contribution in [0.2, 0.25) is 0 Å². The number of hydrogen-bond acceptors (Lipinski definition) is 3. The number of nitrogens with zero attached hydrogens (tertiary/aromatic N) is 1. The molecule has 0 amide bonds. The van der Waals surface area contributed by atoms with Gasteiger partial charge < -0.3 is 9.84 Å². The highest BCUT2D eigenvalue weighted by Crippen LogP contribution is 2.27. The van der Waals surface area contributed by atoms with E-state index in [1.165, 1.54) is 0 Å². The molecule has 1 saturated heterocycles. The Morgan fingerprint density at radius 2 is 2.14 bits per heavy atom. The predicted octanol–water partition coefficient (Wildman–Crippen LogP) is 1.01. The summed E-state index contributed by atoms with van der Waals surface area (Å²) in [6, 6.07) is 10.1. The van der Waals surface area contributed by atoms with Gasteiger partial charge in [0.05, 0.1) is 12.7 Å². The van der Waals surface area contributed by atoms with E-state index in [0.29, 0.717) is 0 Å². The van der Waals surface area contributed by atoms with Crippen LogP contribution in [-0.2, 0) is 4.74 Å². The van der Waals surface area contributed by atoms with Gasteiger partial charge in [0.25, 0.3) is 0 Å². The molecule has 2 unspecified atom stereocenters. The molecular weight excluding hydrogens is 178 g/mol. The van der Waals surface area contributed by atoms with Gasteiger partial charge in [-0.1, -0.05) is 30.3 Å². The summed E-state index contributed by atoms with van der Waals surface area (Å²) in [4.78, 5) is 2.11. The van der Waals surface area contributed by atoms with E-state index in [9.17, 15) is 0 Å². The second kappa shape index (κ2) is 4.09. The molecule has 0 radical (unpaired) electrons. The zero-order valence-corrected chi connectivity index (χ0v) is 8.26. The van der Waals surface area contributed by atoms with Gasteiger partial charge in [-0.15, -0.1) is 0 Å². The van der Waals surface area contributed by atoms with Gasteiger partial charge in [-0.05, 0) is 12.6 Å². The smallest absolute Gasteiger partial charge is 0.137 e. The number of benzene rings is 1. The van der Waals surface area contributed by atoms with Crippen LogP contribution >= 0.6 is 0 Å². The van der Waals surface area contributed by atoms with E-state index in [2.05, 4.69) is 4.90 Å². The number of aliphatic hydroxyl groups is 1. The lowest BCUT2D eigenvalue weighted by Crippen LogP contribution is -2.20. The van der Waals surface area contributed by atoms with Crippen molar-refractivity contribution in [1.82, 2.24) is 4.90 Å². The van der Waals surface area contributed by atoms with Gasteiger partial charge in [-0.3, -0.25) is 4.90 Å². The molecule has 0 aromatic heterocycles. The Hall–Kier alpha value is -0.900. The van der Waals surface area contributed by atoms with Crippen LogP contribution in [0.25, 0.3) is 0 Å². The fourth-order valence-electron chi connectivity index (χ4n) is 1.80. The first-order chi connectivity index (χ1) is 6.81. The van der Waals surface area contributed by atoms with Crippen LogP contribution in [0, 0.1) is 0 Å². The number of hydrogen-bond donors (Lipinski definition) is 1. The van der Waals surface area contributed by atoms with Crippen LogP contribution in [0.15, 0.2) is 30.3 Å². The normalized spacial score (nSPS) is 28.1. The van der Waals surface area contributed by atoms with Crippen molar-refractivity contribution in [2.45, 2.75) is 12.3 Å². The Balaban J connectivity index is 2.13. The standard InChI is InChI=1S/C11H15NO2/c1-12-7-10(8-13)14-11(12)9-5-3-2-4-6-9/h2-6,10-11,13H,7-8H2,1H3. The summed E-state index contributed by atoms with van der Waals surface area (Å²) in [5, 5.41) is 9.00. The topological polar surface area (TPSA) is 32.7 Å². The summed E-state index contributed by atoms with van der Waals surface area (Å²) in [6.07, 6.45) is -0.0569. The maximum Gasteiger partial charge on any atom is 0.137 e. The second-order valence-corrected chi connectivity index (χ2v) is 3.64. The molecule has 2 atom stereocenters. The quantitative estimate of drug-likeness (QED) is 0.760. The number of likely N-dealkylation sites (N-methyl/N-ethyl adjacent to an activating group) is 1. The third-order valence-corrected chi connectivity index (χ3v) is 2.50. The first-order valence-corrected chi connectivity index (χ1v) is 4.83. The van der Waals surface area contributed by atoms with Crippen molar-refractivity contribution in [2.75, 3.05) is 20.2 Å². The van der Waals surface area contributed by atoms with Gasteiger partial charge in [-0.25, -0.2) is 0 Å². The summed E-state index contributed by atoms with van der Waals surface area (Å²) in [6.45, 7) is 0.879. The summed E-state index contributed by atoms with van der Waals surface area (Å²) in [5.74, 6) is 0. The van der Waals surface area contributed by atoms with Crippen LogP contribution in [0.3, 0.4) is 0 Å². The molecule has 0 saturated carbocycles. The zero-order chi connectivity index (χ0) is 9.97. The highest BCUT2D eigenvalue weighted by Gasteiger charge is 2.30. The Morgan fingerprint density at radius 3 is 2.71 bits per heavy atom. The molecule has 3 heteroatoms. The Morgan fingerprint density at radius 1 is 1.43 bits per heavy atom. The lowest BCUT2D eigenvalue weighted by Gasteiger charge is -2.17. The molecule has 1 aliphatic rings. The number of ether oxygens (including phenoxy) is 1. The molecule has 1 aromatic rings. The highest BCUT2D eigenvalue weighted by atomic mass is 16.5. The summed E-state index contributed by atoms with van der Waals surface area (Å²) < 4.78 is 5.68. The van der Waals surface area contributed by atoms with E-state index >= 15 is 0 Å². The van der Waals surface area contributed by atoms with E-state index in [4.69, 9.17) is 9.84 Å². The Kier molecular flexibility index (Phi) is 2.82. The average Bonchev–Trinajstić information content (AvgIpc) is 2.61. The largest absolute Gasteiger partial charge is 0.394 e. The zero-order valence-electron chi connectivity index (χ0n) is 8.26. The number of rotatable bonds is 2. The van der Waals surface area contributed by atoms with Crippen molar-refractivity contribution in [3.05, 3.63) is 35.9 Å². The van der Waals surface area contributed by atoms with Gasteiger partial charge in [0.1, 0.15) is 6.23 Å². The second-order valence-electron chi connectivity index (χ2n) is 3.64. The van der Waals surface area contributed by atoms with Crippen molar-refractivity contribution < 1.29 is 9.84 Å². The minimum Gasteiger partial charge on any atom is -0.394 e. The lowest BCUT2D eigenvalue weighted by molar-refractivity contribution is -0.0138. The third-order valence-electron chi connectivity index (χ3n) is 2.50. The first-order valence-electron chi connectivity index (χ1n) is 4.83. The minimum absolute atomic E-state index is 0.00616. The summed E-state index contributed by atoms with van der Waals surface area (Å²) >= 11 is 0. The van der Waals surface area contributed by atoms with E-state index in [1.807, 2.05) is 37.4 Å². The molecule has 3 nitrogen and oxygen atoms in total. The van der Waals surface area contributed by atoms with Crippen LogP contribution in [-0.4, -0.2) is 36.3 Å². The van der Waals surface area contributed by atoms with E-state index in [-0.39, 0.29) is 18.9 Å². The maximum absolute atomic E-state index is 9.00. The molecule has 1 fully saturated rings. The minimum atomic E-state index is -0.0507. The summed E-state index contributed by atoms with van der Waals surface area (Å²) in [7, 11) is 2.01. The van der Waals surface area contributed by atoms with Gasteiger partial charge in [0.2, 0.25) is 0 Å². The molecule has 1 heterocycles. The fraction of sp³-hybridized carbons (Fsp3) is 0.455. The Bertz CT molecular complexity index is 289. The molecule has 1 aromatic carbocycles. The van der Waals surface area contributed by atoms with Crippen molar-refractivity contribution in [3.8, 4) is 0 Å². The van der Waals surface area contributed by atoms with E-state index in [1.54, 1.807) is 0 Å². The van der Waals surface area contributed by atoms with Crippen molar-refractivity contribution in [1.29, 1.82) is 0 Å². The van der Waals surface area contributed by atoms with Crippen LogP contribution in [0.5, 0.6) is 0 Å². The van der Waals surface area contributed by atoms with Gasteiger partial charge >= 0.3 is 0 Å². The van der Waals surface area contributed by atoms with Crippen molar-refractivity contribution >= 4 is 0 Å². The third kappa shape index (κ3) is 1.80. The van der Waals surface area contributed by atoms with Gasteiger partial charge in [0, 0.05) is 6.54 Å². The van der Waals surface area contributed by atoms with Gasteiger partial charge in [-0.2, -0.15) is 0 Å². The highest BCUT2D eigenvalue weighted by molar-refractivity contribution is 5.17. The van der Waals surface area contributed by atoms with Crippen LogP contribution in [0.4, 0.5) is 0 Å². The molecule has 1 N–H and O–H groups in total. The van der Waals surface area contributed by atoms with Gasteiger partial charge in [0.15, 0.2) is 0 Å². The average molecular weight is 193 g/mol.